The zero-order valence-electron chi connectivity index (χ0n) is 11.1. The Morgan fingerprint density at radius 1 is 1.42 bits per heavy atom. The molecule has 1 aromatic carbocycles. The van der Waals surface area contributed by atoms with E-state index < -0.39 is 5.91 Å². The first-order chi connectivity index (χ1) is 9.20. The molecule has 2 N–H and O–H groups in total. The lowest BCUT2D eigenvalue weighted by Gasteiger charge is -2.23. The molecule has 0 spiro atoms. The van der Waals surface area contributed by atoms with Crippen LogP contribution in [0.3, 0.4) is 0 Å². The molecule has 1 saturated heterocycles. The summed E-state index contributed by atoms with van der Waals surface area (Å²) in [6.45, 7) is 1.29. The average Bonchev–Trinajstić information content (AvgIpc) is 2.45. The van der Waals surface area contributed by atoms with Gasteiger partial charge in [0.25, 0.3) is 0 Å². The van der Waals surface area contributed by atoms with Gasteiger partial charge in [0.05, 0.1) is 13.2 Å². The van der Waals surface area contributed by atoms with Crippen LogP contribution in [0.4, 0.5) is 0 Å². The van der Waals surface area contributed by atoms with Crippen LogP contribution in [-0.4, -0.2) is 32.3 Å². The number of rotatable bonds is 5. The monoisotopic (exact) mass is 265 g/mol. The molecule has 5 heteroatoms. The minimum atomic E-state index is -0.486. The Morgan fingerprint density at radius 3 is 2.89 bits per heavy atom. The molecule has 1 aliphatic heterocycles. The van der Waals surface area contributed by atoms with Gasteiger partial charge < -0.3 is 19.9 Å². The van der Waals surface area contributed by atoms with Crippen molar-refractivity contribution < 1.29 is 19.0 Å². The molecule has 1 amide bonds. The highest BCUT2D eigenvalue weighted by Gasteiger charge is 2.16. The van der Waals surface area contributed by atoms with Gasteiger partial charge in [-0.2, -0.15) is 0 Å². The summed E-state index contributed by atoms with van der Waals surface area (Å²) in [6.07, 6.45) is 3.44. The second-order valence-electron chi connectivity index (χ2n) is 4.53. The van der Waals surface area contributed by atoms with Crippen LogP contribution >= 0.6 is 0 Å². The van der Waals surface area contributed by atoms with Crippen molar-refractivity contribution in [3.05, 3.63) is 23.8 Å². The van der Waals surface area contributed by atoms with Crippen LogP contribution in [0.1, 0.15) is 29.6 Å². The first-order valence-corrected chi connectivity index (χ1v) is 6.43. The van der Waals surface area contributed by atoms with E-state index >= 15 is 0 Å². The second-order valence-corrected chi connectivity index (χ2v) is 4.53. The maximum atomic E-state index is 11.1. The third-order valence-corrected chi connectivity index (χ3v) is 3.15. The Balaban J connectivity index is 2.00. The number of primary amides is 1. The highest BCUT2D eigenvalue weighted by Crippen LogP contribution is 2.28. The van der Waals surface area contributed by atoms with Crippen molar-refractivity contribution in [2.24, 2.45) is 5.73 Å². The molecule has 5 nitrogen and oxygen atoms in total. The topological polar surface area (TPSA) is 70.8 Å². The Kier molecular flexibility index (Phi) is 4.63. The van der Waals surface area contributed by atoms with Crippen molar-refractivity contribution in [2.75, 3.05) is 20.3 Å². The Hall–Kier alpha value is -1.75. The number of nitrogens with two attached hydrogens (primary N) is 1. The number of ether oxygens (including phenoxy) is 3. The Morgan fingerprint density at radius 2 is 2.26 bits per heavy atom. The summed E-state index contributed by atoms with van der Waals surface area (Å²) < 4.78 is 16.5. The molecule has 0 bridgehead atoms. The Bertz CT molecular complexity index is 441. The highest BCUT2D eigenvalue weighted by molar-refractivity contribution is 5.93. The lowest BCUT2D eigenvalue weighted by atomic mass is 10.1. The summed E-state index contributed by atoms with van der Waals surface area (Å²) in [7, 11) is 1.53. The minimum absolute atomic E-state index is 0.134. The lowest BCUT2D eigenvalue weighted by Crippen LogP contribution is -2.25. The van der Waals surface area contributed by atoms with Crippen LogP contribution in [0, 0.1) is 0 Å². The van der Waals surface area contributed by atoms with E-state index in [1.807, 2.05) is 0 Å². The SMILES string of the molecule is COc1cc(C(N)=O)ccc1OCC1CCCCO1. The van der Waals surface area contributed by atoms with Gasteiger partial charge in [0.15, 0.2) is 11.5 Å². The summed E-state index contributed by atoms with van der Waals surface area (Å²) in [6, 6.07) is 4.91. The third kappa shape index (κ3) is 3.61. The van der Waals surface area contributed by atoms with Gasteiger partial charge in [0, 0.05) is 12.2 Å². The summed E-state index contributed by atoms with van der Waals surface area (Å²) in [5.41, 5.74) is 5.62. The molecule has 104 valence electrons. The number of benzene rings is 1. The Labute approximate surface area is 112 Å². The van der Waals surface area contributed by atoms with Gasteiger partial charge in [0.2, 0.25) is 5.91 Å². The summed E-state index contributed by atoms with van der Waals surface area (Å²) in [5.74, 6) is 0.620. The van der Waals surface area contributed by atoms with Crippen molar-refractivity contribution >= 4 is 5.91 Å². The molecule has 19 heavy (non-hydrogen) atoms. The molecular formula is C14H19NO4. The molecule has 1 unspecified atom stereocenters. The van der Waals surface area contributed by atoms with E-state index in [1.165, 1.54) is 13.5 Å². The van der Waals surface area contributed by atoms with E-state index in [-0.39, 0.29) is 6.10 Å². The fourth-order valence-corrected chi connectivity index (χ4v) is 2.06. The van der Waals surface area contributed by atoms with Gasteiger partial charge in [-0.15, -0.1) is 0 Å². The first kappa shape index (κ1) is 13.7. The molecule has 0 aromatic heterocycles. The quantitative estimate of drug-likeness (QED) is 0.880. The zero-order valence-corrected chi connectivity index (χ0v) is 11.1. The number of carbonyl (C=O) groups is 1. The van der Waals surface area contributed by atoms with E-state index in [4.69, 9.17) is 19.9 Å². The normalized spacial score (nSPS) is 18.9. The molecule has 2 rings (SSSR count). The molecule has 1 heterocycles. The van der Waals surface area contributed by atoms with Gasteiger partial charge >= 0.3 is 0 Å². The second kappa shape index (κ2) is 6.43. The van der Waals surface area contributed by atoms with Crippen molar-refractivity contribution in [1.29, 1.82) is 0 Å². The molecule has 1 aliphatic rings. The number of methoxy groups -OCH3 is 1. The molecule has 1 aromatic rings. The maximum absolute atomic E-state index is 11.1. The molecule has 1 atom stereocenters. The maximum Gasteiger partial charge on any atom is 0.248 e. The number of hydrogen-bond donors (Lipinski definition) is 1. The summed E-state index contributed by atoms with van der Waals surface area (Å²) in [5, 5.41) is 0. The van der Waals surface area contributed by atoms with Crippen molar-refractivity contribution in [2.45, 2.75) is 25.4 Å². The van der Waals surface area contributed by atoms with Crippen molar-refractivity contribution in [3.8, 4) is 11.5 Å². The minimum Gasteiger partial charge on any atom is -0.493 e. The fourth-order valence-electron chi connectivity index (χ4n) is 2.06. The van der Waals surface area contributed by atoms with Crippen LogP contribution in [0.5, 0.6) is 11.5 Å². The van der Waals surface area contributed by atoms with Crippen LogP contribution in [0.25, 0.3) is 0 Å². The van der Waals surface area contributed by atoms with Crippen LogP contribution < -0.4 is 15.2 Å². The predicted octanol–water partition coefficient (Wildman–Crippen LogP) is 1.74. The molecular weight excluding hydrogens is 246 g/mol. The van der Waals surface area contributed by atoms with Crippen LogP contribution in [0.15, 0.2) is 18.2 Å². The van der Waals surface area contributed by atoms with E-state index in [9.17, 15) is 4.79 Å². The predicted molar refractivity (Wildman–Crippen MR) is 70.6 cm³/mol. The largest absolute Gasteiger partial charge is 0.493 e. The highest BCUT2D eigenvalue weighted by atomic mass is 16.5. The number of hydrogen-bond acceptors (Lipinski definition) is 4. The smallest absolute Gasteiger partial charge is 0.248 e. The summed E-state index contributed by atoms with van der Waals surface area (Å²) in [4.78, 5) is 11.1. The third-order valence-electron chi connectivity index (χ3n) is 3.15. The molecule has 0 aliphatic carbocycles. The number of carbonyl (C=O) groups excluding carboxylic acids is 1. The van der Waals surface area contributed by atoms with Gasteiger partial charge in [-0.25, -0.2) is 0 Å². The molecule has 1 fully saturated rings. The zero-order chi connectivity index (χ0) is 13.7. The summed E-state index contributed by atoms with van der Waals surface area (Å²) >= 11 is 0. The van der Waals surface area contributed by atoms with Gasteiger partial charge in [0.1, 0.15) is 6.61 Å². The standard InChI is InChI=1S/C14H19NO4/c1-17-13-8-10(14(15)16)5-6-12(13)19-9-11-4-2-3-7-18-11/h5-6,8,11H,2-4,7,9H2,1H3,(H2,15,16). The van der Waals surface area contributed by atoms with E-state index in [1.54, 1.807) is 18.2 Å². The van der Waals surface area contributed by atoms with Crippen molar-refractivity contribution in [1.82, 2.24) is 0 Å². The molecule has 0 radical (unpaired) electrons. The fraction of sp³-hybridized carbons (Fsp3) is 0.500. The van der Waals surface area contributed by atoms with E-state index in [2.05, 4.69) is 0 Å². The molecule has 0 saturated carbocycles. The van der Waals surface area contributed by atoms with Crippen molar-refractivity contribution in [3.63, 3.8) is 0 Å². The van der Waals surface area contributed by atoms with E-state index in [0.717, 1.165) is 19.4 Å². The van der Waals surface area contributed by atoms with Crippen LogP contribution in [-0.2, 0) is 4.74 Å². The van der Waals surface area contributed by atoms with Gasteiger partial charge in [-0.05, 0) is 37.5 Å². The average molecular weight is 265 g/mol. The number of amides is 1. The van der Waals surface area contributed by atoms with E-state index in [0.29, 0.717) is 23.7 Å². The lowest BCUT2D eigenvalue weighted by molar-refractivity contribution is -0.0114. The first-order valence-electron chi connectivity index (χ1n) is 6.43. The van der Waals surface area contributed by atoms with Gasteiger partial charge in [-0.3, -0.25) is 4.79 Å². The van der Waals surface area contributed by atoms with Gasteiger partial charge in [-0.1, -0.05) is 0 Å². The van der Waals surface area contributed by atoms with Crippen LogP contribution in [0.2, 0.25) is 0 Å².